The molecule has 0 radical (unpaired) electrons. The van der Waals surface area contributed by atoms with E-state index in [0.717, 1.165) is 25.9 Å². The van der Waals surface area contributed by atoms with Gasteiger partial charge in [0.2, 0.25) is 5.91 Å². The Morgan fingerprint density at radius 1 is 1.15 bits per heavy atom. The molecule has 1 aliphatic heterocycles. The first kappa shape index (κ1) is 10.2. The average molecular weight is 183 g/mol. The molecule has 0 spiro atoms. The molecule has 1 aliphatic rings. The summed E-state index contributed by atoms with van der Waals surface area (Å²) in [6.45, 7) is 3.40. The number of hydrogen-bond donors (Lipinski definition) is 0. The van der Waals surface area contributed by atoms with Gasteiger partial charge in [0, 0.05) is 25.9 Å². The molecule has 0 aromatic carbocycles. The molecule has 1 amide bonds. The molecule has 1 rings (SSSR count). The third kappa shape index (κ3) is 3.57. The molecular formula is C10H17NO2. The SMILES string of the molecule is CC(=O)CCCC(=O)N1CCCC1. The quantitative estimate of drug-likeness (QED) is 0.660. The number of amides is 1. The first-order valence-corrected chi connectivity index (χ1v) is 4.97. The number of carbonyl (C=O) groups excluding carboxylic acids is 2. The summed E-state index contributed by atoms with van der Waals surface area (Å²) in [4.78, 5) is 24.0. The predicted octanol–water partition coefficient (Wildman–Crippen LogP) is 1.37. The lowest BCUT2D eigenvalue weighted by Gasteiger charge is -2.14. The van der Waals surface area contributed by atoms with Crippen molar-refractivity contribution in [3.8, 4) is 0 Å². The van der Waals surface area contributed by atoms with Gasteiger partial charge in [-0.15, -0.1) is 0 Å². The topological polar surface area (TPSA) is 37.4 Å². The van der Waals surface area contributed by atoms with Crippen LogP contribution in [0, 0.1) is 0 Å². The maximum Gasteiger partial charge on any atom is 0.222 e. The number of ketones is 1. The first-order chi connectivity index (χ1) is 6.20. The zero-order valence-corrected chi connectivity index (χ0v) is 8.21. The van der Waals surface area contributed by atoms with Crippen LogP contribution in [0.5, 0.6) is 0 Å². The Bertz CT molecular complexity index is 195. The number of nitrogens with zero attached hydrogens (tertiary/aromatic N) is 1. The molecule has 0 unspecified atom stereocenters. The van der Waals surface area contributed by atoms with Crippen molar-refractivity contribution in [2.45, 2.75) is 39.0 Å². The van der Waals surface area contributed by atoms with Crippen molar-refractivity contribution in [1.82, 2.24) is 4.90 Å². The van der Waals surface area contributed by atoms with E-state index in [1.165, 1.54) is 0 Å². The monoisotopic (exact) mass is 183 g/mol. The summed E-state index contributed by atoms with van der Waals surface area (Å²) in [7, 11) is 0. The second-order valence-electron chi connectivity index (χ2n) is 3.64. The van der Waals surface area contributed by atoms with Gasteiger partial charge >= 0.3 is 0 Å². The van der Waals surface area contributed by atoms with Gasteiger partial charge in [0.1, 0.15) is 5.78 Å². The lowest BCUT2D eigenvalue weighted by molar-refractivity contribution is -0.130. The van der Waals surface area contributed by atoms with Crippen LogP contribution in [0.3, 0.4) is 0 Å². The maximum atomic E-state index is 11.4. The second kappa shape index (κ2) is 5.00. The average Bonchev–Trinajstić information content (AvgIpc) is 2.55. The highest BCUT2D eigenvalue weighted by Crippen LogP contribution is 2.10. The zero-order chi connectivity index (χ0) is 9.68. The van der Waals surface area contributed by atoms with Gasteiger partial charge in [-0.25, -0.2) is 0 Å². The van der Waals surface area contributed by atoms with E-state index in [4.69, 9.17) is 0 Å². The van der Waals surface area contributed by atoms with Gasteiger partial charge in [-0.05, 0) is 26.2 Å². The van der Waals surface area contributed by atoms with Crippen LogP contribution >= 0.6 is 0 Å². The lowest BCUT2D eigenvalue weighted by Crippen LogP contribution is -2.27. The van der Waals surface area contributed by atoms with E-state index in [-0.39, 0.29) is 11.7 Å². The van der Waals surface area contributed by atoms with E-state index >= 15 is 0 Å². The molecular weight excluding hydrogens is 166 g/mol. The minimum Gasteiger partial charge on any atom is -0.343 e. The van der Waals surface area contributed by atoms with Crippen molar-refractivity contribution in [2.75, 3.05) is 13.1 Å². The highest BCUT2D eigenvalue weighted by atomic mass is 16.2. The summed E-state index contributed by atoms with van der Waals surface area (Å²) in [5, 5.41) is 0. The minimum absolute atomic E-state index is 0.175. The van der Waals surface area contributed by atoms with Crippen LogP contribution in [0.25, 0.3) is 0 Å². The Morgan fingerprint density at radius 2 is 1.77 bits per heavy atom. The van der Waals surface area contributed by atoms with Crippen LogP contribution in [-0.4, -0.2) is 29.7 Å². The number of Topliss-reactive ketones (excluding diaryl/α,β-unsaturated/α-hetero) is 1. The fourth-order valence-electron chi connectivity index (χ4n) is 1.61. The summed E-state index contributed by atoms with van der Waals surface area (Å²) in [6.07, 6.45) is 4.07. The lowest BCUT2D eigenvalue weighted by atomic mass is 10.2. The fraction of sp³-hybridized carbons (Fsp3) is 0.800. The summed E-state index contributed by atoms with van der Waals surface area (Å²) in [6, 6.07) is 0. The number of likely N-dealkylation sites (tertiary alicyclic amines) is 1. The Morgan fingerprint density at radius 3 is 2.31 bits per heavy atom. The van der Waals surface area contributed by atoms with E-state index in [9.17, 15) is 9.59 Å². The van der Waals surface area contributed by atoms with Crippen molar-refractivity contribution < 1.29 is 9.59 Å². The Labute approximate surface area is 79.1 Å². The standard InChI is InChI=1S/C10H17NO2/c1-9(12)5-4-6-10(13)11-7-2-3-8-11/h2-8H2,1H3. The fourth-order valence-corrected chi connectivity index (χ4v) is 1.61. The molecule has 0 aromatic heterocycles. The molecule has 1 heterocycles. The van der Waals surface area contributed by atoms with Crippen molar-refractivity contribution >= 4 is 11.7 Å². The molecule has 1 fully saturated rings. The largest absolute Gasteiger partial charge is 0.343 e. The van der Waals surface area contributed by atoms with Crippen LogP contribution in [0.15, 0.2) is 0 Å². The summed E-state index contributed by atoms with van der Waals surface area (Å²) in [5.41, 5.74) is 0. The van der Waals surface area contributed by atoms with Crippen LogP contribution in [0.1, 0.15) is 39.0 Å². The van der Waals surface area contributed by atoms with Gasteiger partial charge in [-0.3, -0.25) is 4.79 Å². The number of carbonyl (C=O) groups is 2. The molecule has 3 heteroatoms. The maximum absolute atomic E-state index is 11.4. The van der Waals surface area contributed by atoms with E-state index in [2.05, 4.69) is 0 Å². The molecule has 0 aromatic rings. The molecule has 0 bridgehead atoms. The Balaban J connectivity index is 2.13. The summed E-state index contributed by atoms with van der Waals surface area (Å²) in [5.74, 6) is 0.396. The Kier molecular flexibility index (Phi) is 3.93. The molecule has 0 N–H and O–H groups in total. The summed E-state index contributed by atoms with van der Waals surface area (Å²) < 4.78 is 0. The van der Waals surface area contributed by atoms with Gasteiger partial charge < -0.3 is 9.69 Å². The number of hydrogen-bond acceptors (Lipinski definition) is 2. The third-order valence-electron chi connectivity index (χ3n) is 2.38. The summed E-state index contributed by atoms with van der Waals surface area (Å²) >= 11 is 0. The van der Waals surface area contributed by atoms with Gasteiger partial charge in [0.25, 0.3) is 0 Å². The Hall–Kier alpha value is -0.860. The molecule has 13 heavy (non-hydrogen) atoms. The van der Waals surface area contributed by atoms with Crippen LogP contribution < -0.4 is 0 Å². The van der Waals surface area contributed by atoms with Crippen molar-refractivity contribution in [2.24, 2.45) is 0 Å². The van der Waals surface area contributed by atoms with Crippen LogP contribution in [-0.2, 0) is 9.59 Å². The molecule has 3 nitrogen and oxygen atoms in total. The van der Waals surface area contributed by atoms with E-state index in [1.807, 2.05) is 4.90 Å². The molecule has 1 saturated heterocycles. The molecule has 0 aliphatic carbocycles. The first-order valence-electron chi connectivity index (χ1n) is 4.97. The third-order valence-corrected chi connectivity index (χ3v) is 2.38. The van der Waals surface area contributed by atoms with E-state index < -0.39 is 0 Å². The van der Waals surface area contributed by atoms with Crippen LogP contribution in [0.2, 0.25) is 0 Å². The van der Waals surface area contributed by atoms with Gasteiger partial charge in [0.05, 0.1) is 0 Å². The van der Waals surface area contributed by atoms with E-state index in [1.54, 1.807) is 6.92 Å². The molecule has 0 saturated carbocycles. The van der Waals surface area contributed by atoms with Crippen molar-refractivity contribution in [3.05, 3.63) is 0 Å². The molecule has 74 valence electrons. The smallest absolute Gasteiger partial charge is 0.222 e. The highest BCUT2D eigenvalue weighted by molar-refractivity contribution is 5.78. The van der Waals surface area contributed by atoms with Crippen molar-refractivity contribution in [3.63, 3.8) is 0 Å². The van der Waals surface area contributed by atoms with Gasteiger partial charge in [0.15, 0.2) is 0 Å². The molecule has 0 atom stereocenters. The minimum atomic E-state index is 0.175. The second-order valence-corrected chi connectivity index (χ2v) is 3.64. The predicted molar refractivity (Wildman–Crippen MR) is 50.3 cm³/mol. The van der Waals surface area contributed by atoms with E-state index in [0.29, 0.717) is 19.3 Å². The van der Waals surface area contributed by atoms with Crippen LogP contribution in [0.4, 0.5) is 0 Å². The zero-order valence-electron chi connectivity index (χ0n) is 8.21. The highest BCUT2D eigenvalue weighted by Gasteiger charge is 2.16. The van der Waals surface area contributed by atoms with Crippen molar-refractivity contribution in [1.29, 1.82) is 0 Å². The van der Waals surface area contributed by atoms with Gasteiger partial charge in [-0.2, -0.15) is 0 Å². The number of rotatable bonds is 4. The normalized spacial score (nSPS) is 16.2. The van der Waals surface area contributed by atoms with Gasteiger partial charge in [-0.1, -0.05) is 0 Å².